The number of anilines is 2. The van der Waals surface area contributed by atoms with Gasteiger partial charge in [0.25, 0.3) is 5.91 Å². The maximum Gasteiger partial charge on any atom is 0.326 e. The number of hydrogen-bond donors (Lipinski definition) is 2. The number of fused-ring (bicyclic) bond motifs is 1. The number of carbonyl (C=O) groups excluding carboxylic acids is 1. The minimum absolute atomic E-state index is 0.0531. The summed E-state index contributed by atoms with van der Waals surface area (Å²) in [6, 6.07) is 13.3. The molecule has 1 aliphatic heterocycles. The second kappa shape index (κ2) is 7.54. The molecule has 2 heterocycles. The molecular formula is C22H26N4O2. The lowest BCUT2D eigenvalue weighted by atomic mass is 10.1. The number of rotatable bonds is 4. The van der Waals surface area contributed by atoms with Crippen molar-refractivity contribution in [2.75, 3.05) is 23.3 Å². The van der Waals surface area contributed by atoms with E-state index >= 15 is 0 Å². The molecule has 1 fully saturated rings. The molecule has 6 heteroatoms. The zero-order chi connectivity index (χ0) is 19.7. The number of nitrogens with zero attached hydrogens (tertiary/aromatic N) is 2. The van der Waals surface area contributed by atoms with E-state index in [1.165, 1.54) is 19.3 Å². The van der Waals surface area contributed by atoms with Crippen molar-refractivity contribution in [1.29, 1.82) is 0 Å². The summed E-state index contributed by atoms with van der Waals surface area (Å²) >= 11 is 0. The van der Waals surface area contributed by atoms with Crippen LogP contribution < -0.4 is 15.9 Å². The third-order valence-corrected chi connectivity index (χ3v) is 5.34. The van der Waals surface area contributed by atoms with Crippen molar-refractivity contribution in [3.63, 3.8) is 0 Å². The first-order valence-electron chi connectivity index (χ1n) is 9.94. The van der Waals surface area contributed by atoms with Crippen LogP contribution in [0.2, 0.25) is 0 Å². The van der Waals surface area contributed by atoms with Crippen LogP contribution in [0.15, 0.2) is 47.3 Å². The monoisotopic (exact) mass is 378 g/mol. The summed E-state index contributed by atoms with van der Waals surface area (Å²) < 4.78 is 1.70. The Hall–Kier alpha value is -3.02. The standard InChI is InChI=1S/C22H26N4O2/c1-15(2)26-20-11-10-16(14-18(20)24-22(26)28)21(27)23-17-8-4-5-9-19(17)25-12-6-3-7-13-25/h4-5,8-11,14-15H,3,6-7,12-13H2,1-2H3,(H,23,27)(H,24,28). The van der Waals surface area contributed by atoms with Gasteiger partial charge in [-0.25, -0.2) is 4.79 Å². The summed E-state index contributed by atoms with van der Waals surface area (Å²) in [7, 11) is 0. The van der Waals surface area contributed by atoms with Gasteiger partial charge in [-0.05, 0) is 63.4 Å². The number of hydrogen-bond acceptors (Lipinski definition) is 3. The van der Waals surface area contributed by atoms with E-state index in [2.05, 4.69) is 21.3 Å². The Balaban J connectivity index is 1.62. The maximum atomic E-state index is 12.9. The molecule has 0 unspecified atom stereocenters. The van der Waals surface area contributed by atoms with Crippen LogP contribution in [0.4, 0.5) is 11.4 Å². The first kappa shape index (κ1) is 18.3. The van der Waals surface area contributed by atoms with E-state index in [0.29, 0.717) is 11.1 Å². The fraction of sp³-hybridized carbons (Fsp3) is 0.364. The summed E-state index contributed by atoms with van der Waals surface area (Å²) in [4.78, 5) is 30.2. The van der Waals surface area contributed by atoms with Crippen molar-refractivity contribution in [2.24, 2.45) is 0 Å². The highest BCUT2D eigenvalue weighted by molar-refractivity contribution is 6.07. The Morgan fingerprint density at radius 1 is 1.07 bits per heavy atom. The Kier molecular flexibility index (Phi) is 4.94. The molecular weight excluding hydrogens is 352 g/mol. The van der Waals surface area contributed by atoms with Crippen LogP contribution in [-0.4, -0.2) is 28.5 Å². The second-order valence-electron chi connectivity index (χ2n) is 7.64. The van der Waals surface area contributed by atoms with Crippen LogP contribution >= 0.6 is 0 Å². The Bertz CT molecular complexity index is 1060. The minimum atomic E-state index is -0.176. The highest BCUT2D eigenvalue weighted by Gasteiger charge is 2.17. The molecule has 3 aromatic rings. The number of H-pyrrole nitrogens is 1. The predicted molar refractivity (Wildman–Crippen MR) is 113 cm³/mol. The molecule has 0 aliphatic carbocycles. The van der Waals surface area contributed by atoms with Gasteiger partial charge in [-0.3, -0.25) is 9.36 Å². The van der Waals surface area contributed by atoms with Gasteiger partial charge < -0.3 is 15.2 Å². The molecule has 0 bridgehead atoms. The number of imidazole rings is 1. The molecule has 6 nitrogen and oxygen atoms in total. The van der Waals surface area contributed by atoms with Crippen molar-refractivity contribution in [2.45, 2.75) is 39.2 Å². The van der Waals surface area contributed by atoms with Crippen LogP contribution in [0.5, 0.6) is 0 Å². The highest BCUT2D eigenvalue weighted by atomic mass is 16.2. The summed E-state index contributed by atoms with van der Waals surface area (Å²) in [6.07, 6.45) is 3.62. The lowest BCUT2D eigenvalue weighted by Crippen LogP contribution is -2.30. The lowest BCUT2D eigenvalue weighted by Gasteiger charge is -2.30. The summed E-state index contributed by atoms with van der Waals surface area (Å²) in [5, 5.41) is 3.05. The summed E-state index contributed by atoms with van der Waals surface area (Å²) in [5.74, 6) is -0.176. The molecule has 28 heavy (non-hydrogen) atoms. The zero-order valence-electron chi connectivity index (χ0n) is 16.4. The van der Waals surface area contributed by atoms with E-state index in [9.17, 15) is 9.59 Å². The third kappa shape index (κ3) is 3.42. The number of amides is 1. The van der Waals surface area contributed by atoms with Gasteiger partial charge in [0, 0.05) is 24.7 Å². The largest absolute Gasteiger partial charge is 0.370 e. The van der Waals surface area contributed by atoms with Gasteiger partial charge >= 0.3 is 5.69 Å². The number of benzene rings is 2. The molecule has 2 aromatic carbocycles. The predicted octanol–water partition coefficient (Wildman–Crippen LogP) is 4.15. The van der Waals surface area contributed by atoms with Crippen molar-refractivity contribution < 1.29 is 4.79 Å². The molecule has 1 aliphatic rings. The van der Waals surface area contributed by atoms with E-state index in [-0.39, 0.29) is 17.6 Å². The Morgan fingerprint density at radius 2 is 1.82 bits per heavy atom. The fourth-order valence-corrected chi connectivity index (χ4v) is 3.97. The lowest BCUT2D eigenvalue weighted by molar-refractivity contribution is 0.102. The van der Waals surface area contributed by atoms with Gasteiger partial charge in [0.05, 0.1) is 22.4 Å². The van der Waals surface area contributed by atoms with Crippen LogP contribution in [0.3, 0.4) is 0 Å². The van der Waals surface area contributed by atoms with Crippen LogP contribution in [-0.2, 0) is 0 Å². The molecule has 0 radical (unpaired) electrons. The minimum Gasteiger partial charge on any atom is -0.370 e. The van der Waals surface area contributed by atoms with Crippen molar-refractivity contribution >= 4 is 28.3 Å². The summed E-state index contributed by atoms with van der Waals surface area (Å²) in [5.41, 5.74) is 3.75. The quantitative estimate of drug-likeness (QED) is 0.716. The zero-order valence-corrected chi connectivity index (χ0v) is 16.4. The van der Waals surface area contributed by atoms with Gasteiger partial charge in [-0.2, -0.15) is 0 Å². The number of para-hydroxylation sites is 2. The third-order valence-electron chi connectivity index (χ3n) is 5.34. The number of nitrogens with one attached hydrogen (secondary N) is 2. The number of aromatic amines is 1. The van der Waals surface area contributed by atoms with Gasteiger partial charge in [0.15, 0.2) is 0 Å². The summed E-state index contributed by atoms with van der Waals surface area (Å²) in [6.45, 7) is 5.96. The Labute approximate surface area is 164 Å². The number of piperidine rings is 1. The SMILES string of the molecule is CC(C)n1c(=O)[nH]c2cc(C(=O)Nc3ccccc3N3CCCCC3)ccc21. The first-order chi connectivity index (χ1) is 13.5. The maximum absolute atomic E-state index is 12.9. The molecule has 0 atom stereocenters. The highest BCUT2D eigenvalue weighted by Crippen LogP contribution is 2.29. The van der Waals surface area contributed by atoms with Crippen molar-refractivity contribution in [3.8, 4) is 0 Å². The normalized spacial score (nSPS) is 14.6. The van der Waals surface area contributed by atoms with E-state index in [0.717, 1.165) is 30.0 Å². The Morgan fingerprint density at radius 3 is 2.57 bits per heavy atom. The second-order valence-corrected chi connectivity index (χ2v) is 7.64. The van der Waals surface area contributed by atoms with Crippen LogP contribution in [0.1, 0.15) is 49.5 Å². The molecule has 2 N–H and O–H groups in total. The van der Waals surface area contributed by atoms with Gasteiger partial charge in [-0.1, -0.05) is 12.1 Å². The van der Waals surface area contributed by atoms with E-state index in [4.69, 9.17) is 0 Å². The average Bonchev–Trinajstić information content (AvgIpc) is 3.04. The van der Waals surface area contributed by atoms with E-state index < -0.39 is 0 Å². The molecule has 1 saturated heterocycles. The van der Waals surface area contributed by atoms with Gasteiger partial charge in [-0.15, -0.1) is 0 Å². The topological polar surface area (TPSA) is 70.1 Å². The fourth-order valence-electron chi connectivity index (χ4n) is 3.97. The first-order valence-corrected chi connectivity index (χ1v) is 9.94. The van der Waals surface area contributed by atoms with E-state index in [1.54, 1.807) is 16.7 Å². The van der Waals surface area contributed by atoms with E-state index in [1.807, 2.05) is 38.1 Å². The molecule has 4 rings (SSSR count). The van der Waals surface area contributed by atoms with Crippen molar-refractivity contribution in [1.82, 2.24) is 9.55 Å². The molecule has 0 spiro atoms. The van der Waals surface area contributed by atoms with Crippen molar-refractivity contribution in [3.05, 3.63) is 58.5 Å². The number of carbonyl (C=O) groups is 1. The number of aromatic nitrogens is 2. The average molecular weight is 378 g/mol. The molecule has 1 aromatic heterocycles. The molecule has 1 amide bonds. The van der Waals surface area contributed by atoms with Gasteiger partial charge in [0.2, 0.25) is 0 Å². The molecule has 146 valence electrons. The van der Waals surface area contributed by atoms with Crippen LogP contribution in [0, 0.1) is 0 Å². The van der Waals surface area contributed by atoms with Crippen LogP contribution in [0.25, 0.3) is 11.0 Å². The smallest absolute Gasteiger partial charge is 0.326 e. The molecule has 0 saturated carbocycles. The van der Waals surface area contributed by atoms with Gasteiger partial charge in [0.1, 0.15) is 0 Å².